The lowest BCUT2D eigenvalue weighted by molar-refractivity contribution is -0.147. The average molecular weight is 499 g/mol. The molecular weight excluding hydrogens is 444 g/mol. The molecule has 0 aromatic rings. The summed E-state index contributed by atoms with van der Waals surface area (Å²) >= 11 is 0. The molecule has 5 saturated carbocycles. The monoisotopic (exact) mass is 498 g/mol. The quantitative estimate of drug-likeness (QED) is 0.375. The highest BCUT2D eigenvalue weighted by atomic mass is 16.2. The van der Waals surface area contributed by atoms with E-state index in [1.807, 2.05) is 0 Å². The van der Waals surface area contributed by atoms with E-state index in [1.165, 1.54) is 109 Å². The van der Waals surface area contributed by atoms with Gasteiger partial charge in [-0.1, -0.05) is 77.0 Å². The maximum absolute atomic E-state index is 14.1. The van der Waals surface area contributed by atoms with E-state index in [0.29, 0.717) is 36.0 Å². The van der Waals surface area contributed by atoms with Crippen LogP contribution >= 0.6 is 0 Å². The molecule has 5 aliphatic rings. The van der Waals surface area contributed by atoms with Crippen LogP contribution in [0.25, 0.3) is 0 Å². The van der Waals surface area contributed by atoms with E-state index in [2.05, 4.69) is 9.80 Å². The molecular formula is C32H54N2O2. The first-order valence-electron chi connectivity index (χ1n) is 16.4. The summed E-state index contributed by atoms with van der Waals surface area (Å²) in [5, 5.41) is 0. The maximum atomic E-state index is 14.1. The normalized spacial score (nSPS) is 30.1. The largest absolute Gasteiger partial charge is 0.336 e. The Balaban J connectivity index is 1.35. The molecule has 4 heteroatoms. The third-order valence-electron chi connectivity index (χ3n) is 10.8. The third kappa shape index (κ3) is 6.32. The van der Waals surface area contributed by atoms with Crippen LogP contribution in [0.1, 0.15) is 154 Å². The molecule has 0 N–H and O–H groups in total. The maximum Gasteiger partial charge on any atom is 0.226 e. The number of nitrogens with zero attached hydrogens (tertiary/aromatic N) is 2. The zero-order valence-corrected chi connectivity index (χ0v) is 23.1. The van der Waals surface area contributed by atoms with E-state index >= 15 is 0 Å². The number of carbonyl (C=O) groups excluding carboxylic acids is 2. The zero-order valence-electron chi connectivity index (χ0n) is 23.1. The summed E-state index contributed by atoms with van der Waals surface area (Å²) in [4.78, 5) is 33.1. The molecule has 4 nitrogen and oxygen atoms in total. The topological polar surface area (TPSA) is 40.6 Å². The van der Waals surface area contributed by atoms with E-state index in [9.17, 15) is 9.59 Å². The number of hydrogen-bond acceptors (Lipinski definition) is 2. The van der Waals surface area contributed by atoms with Gasteiger partial charge in [0, 0.05) is 36.0 Å². The summed E-state index contributed by atoms with van der Waals surface area (Å²) < 4.78 is 0. The van der Waals surface area contributed by atoms with Crippen LogP contribution in [0.2, 0.25) is 0 Å². The van der Waals surface area contributed by atoms with Gasteiger partial charge in [-0.25, -0.2) is 0 Å². The molecule has 5 rings (SSSR count). The van der Waals surface area contributed by atoms with Crippen LogP contribution in [0, 0.1) is 11.8 Å². The summed E-state index contributed by atoms with van der Waals surface area (Å²) in [5.41, 5.74) is 0. The van der Waals surface area contributed by atoms with Gasteiger partial charge in [0.05, 0.1) is 0 Å². The molecule has 204 valence electrons. The number of hydrogen-bond donors (Lipinski definition) is 0. The van der Waals surface area contributed by atoms with Crippen molar-refractivity contribution >= 4 is 11.8 Å². The highest BCUT2D eigenvalue weighted by Crippen LogP contribution is 2.38. The Kier molecular flexibility index (Phi) is 9.69. The molecule has 5 fully saturated rings. The van der Waals surface area contributed by atoms with Crippen LogP contribution in [0.4, 0.5) is 0 Å². The highest BCUT2D eigenvalue weighted by Gasteiger charge is 2.42. The summed E-state index contributed by atoms with van der Waals surface area (Å²) in [7, 11) is 0. The Bertz CT molecular complexity index is 641. The molecule has 2 unspecified atom stereocenters. The predicted octanol–water partition coefficient (Wildman–Crippen LogP) is 7.78. The van der Waals surface area contributed by atoms with Crippen molar-refractivity contribution in [3.05, 3.63) is 0 Å². The molecule has 0 bridgehead atoms. The van der Waals surface area contributed by atoms with Gasteiger partial charge in [-0.05, 0) is 77.0 Å². The van der Waals surface area contributed by atoms with E-state index in [0.717, 1.165) is 44.9 Å². The molecule has 2 amide bonds. The van der Waals surface area contributed by atoms with E-state index in [1.54, 1.807) is 0 Å². The fourth-order valence-corrected chi connectivity index (χ4v) is 8.80. The molecule has 0 radical (unpaired) electrons. The standard InChI is InChI=1S/C32H54N2O2/c35-31(25-14-5-1-6-15-25)33(27-18-9-3-10-19-27)29-22-13-23-30(24-29)34(28-20-11-4-12-21-28)32(36)26-16-7-2-8-17-26/h25-30H,1-24H2. The molecule has 0 spiro atoms. The van der Waals surface area contributed by atoms with Crippen LogP contribution < -0.4 is 0 Å². The molecule has 0 heterocycles. The van der Waals surface area contributed by atoms with Crippen molar-refractivity contribution in [3.8, 4) is 0 Å². The molecule has 0 saturated heterocycles. The van der Waals surface area contributed by atoms with Gasteiger partial charge >= 0.3 is 0 Å². The number of carbonyl (C=O) groups is 2. The van der Waals surface area contributed by atoms with Crippen molar-refractivity contribution in [2.75, 3.05) is 0 Å². The van der Waals surface area contributed by atoms with Crippen molar-refractivity contribution in [1.82, 2.24) is 9.80 Å². The fourth-order valence-electron chi connectivity index (χ4n) is 8.80. The summed E-state index contributed by atoms with van der Waals surface area (Å²) in [5.74, 6) is 1.52. The van der Waals surface area contributed by atoms with Crippen LogP contribution in [0.5, 0.6) is 0 Å². The minimum atomic E-state index is 0.263. The van der Waals surface area contributed by atoms with Gasteiger partial charge in [0.2, 0.25) is 11.8 Å². The average Bonchev–Trinajstić information content (AvgIpc) is 2.96. The minimum absolute atomic E-state index is 0.263. The third-order valence-corrected chi connectivity index (χ3v) is 10.8. The van der Waals surface area contributed by atoms with Crippen molar-refractivity contribution in [2.45, 2.75) is 178 Å². The summed E-state index contributed by atoms with van der Waals surface area (Å²) in [6.45, 7) is 0. The number of amides is 2. The molecule has 5 aliphatic carbocycles. The highest BCUT2D eigenvalue weighted by molar-refractivity contribution is 5.80. The van der Waals surface area contributed by atoms with Crippen LogP contribution in [-0.2, 0) is 9.59 Å². The molecule has 0 aromatic carbocycles. The van der Waals surface area contributed by atoms with Gasteiger partial charge in [0.15, 0.2) is 0 Å². The second-order valence-electron chi connectivity index (χ2n) is 13.2. The van der Waals surface area contributed by atoms with Gasteiger partial charge in [-0.3, -0.25) is 9.59 Å². The van der Waals surface area contributed by atoms with Crippen molar-refractivity contribution in [1.29, 1.82) is 0 Å². The Hall–Kier alpha value is -1.06. The first-order valence-corrected chi connectivity index (χ1v) is 16.4. The Labute approximate surface area is 221 Å². The Morgan fingerprint density at radius 2 is 0.667 bits per heavy atom. The second kappa shape index (κ2) is 13.1. The molecule has 0 aliphatic heterocycles. The first-order chi connectivity index (χ1) is 17.7. The Morgan fingerprint density at radius 3 is 1.03 bits per heavy atom. The minimum Gasteiger partial charge on any atom is -0.336 e. The van der Waals surface area contributed by atoms with Gasteiger partial charge in [-0.15, -0.1) is 0 Å². The van der Waals surface area contributed by atoms with Gasteiger partial charge < -0.3 is 9.80 Å². The molecule has 0 aromatic heterocycles. The smallest absolute Gasteiger partial charge is 0.226 e. The molecule has 36 heavy (non-hydrogen) atoms. The second-order valence-corrected chi connectivity index (χ2v) is 13.2. The summed E-state index contributed by atoms with van der Waals surface area (Å²) in [6, 6.07) is 1.61. The zero-order chi connectivity index (χ0) is 24.7. The van der Waals surface area contributed by atoms with Gasteiger partial charge in [0.1, 0.15) is 0 Å². The summed E-state index contributed by atoms with van der Waals surface area (Å²) in [6.07, 6.45) is 29.1. The predicted molar refractivity (Wildman–Crippen MR) is 147 cm³/mol. The van der Waals surface area contributed by atoms with Gasteiger partial charge in [-0.2, -0.15) is 0 Å². The number of rotatable bonds is 6. The lowest BCUT2D eigenvalue weighted by Crippen LogP contribution is -2.57. The lowest BCUT2D eigenvalue weighted by atomic mass is 9.80. The van der Waals surface area contributed by atoms with Crippen molar-refractivity contribution in [3.63, 3.8) is 0 Å². The molecule has 2 atom stereocenters. The first kappa shape index (κ1) is 26.5. The van der Waals surface area contributed by atoms with Gasteiger partial charge in [0.25, 0.3) is 0 Å². The van der Waals surface area contributed by atoms with E-state index in [4.69, 9.17) is 0 Å². The van der Waals surface area contributed by atoms with Crippen LogP contribution in [-0.4, -0.2) is 45.8 Å². The van der Waals surface area contributed by atoms with Crippen LogP contribution in [0.3, 0.4) is 0 Å². The lowest BCUT2D eigenvalue weighted by Gasteiger charge is -2.49. The van der Waals surface area contributed by atoms with E-state index < -0.39 is 0 Å². The van der Waals surface area contributed by atoms with E-state index in [-0.39, 0.29) is 11.8 Å². The van der Waals surface area contributed by atoms with Crippen molar-refractivity contribution in [2.24, 2.45) is 11.8 Å². The van der Waals surface area contributed by atoms with Crippen molar-refractivity contribution < 1.29 is 9.59 Å². The SMILES string of the molecule is O=C(C1CCCCC1)N(C1CCCCC1)C1CCCC(N(C(=O)C2CCCCC2)C2CCCCC2)C1. The van der Waals surface area contributed by atoms with Crippen LogP contribution in [0.15, 0.2) is 0 Å². The Morgan fingerprint density at radius 1 is 0.361 bits per heavy atom. The fraction of sp³-hybridized carbons (Fsp3) is 0.938.